The monoisotopic (exact) mass is 717 g/mol. The van der Waals surface area contributed by atoms with Gasteiger partial charge in [0.1, 0.15) is 0 Å². The van der Waals surface area contributed by atoms with Crippen molar-refractivity contribution in [2.45, 2.75) is 73.8 Å². The van der Waals surface area contributed by atoms with Crippen LogP contribution in [0.25, 0.3) is 0 Å². The third kappa shape index (κ3) is 6.97. The number of aryl methyl sites for hydroxylation is 2. The lowest BCUT2D eigenvalue weighted by molar-refractivity contribution is -0.461. The van der Waals surface area contributed by atoms with Crippen LogP contribution in [-0.2, 0) is 6.42 Å². The van der Waals surface area contributed by atoms with Gasteiger partial charge in [-0.1, -0.05) is 23.8 Å². The number of methoxy groups -OCH3 is 1. The van der Waals surface area contributed by atoms with Gasteiger partial charge in [0.2, 0.25) is 0 Å². The van der Waals surface area contributed by atoms with Gasteiger partial charge in [0, 0.05) is 12.1 Å². The van der Waals surface area contributed by atoms with E-state index >= 15 is 0 Å². The summed E-state index contributed by atoms with van der Waals surface area (Å²) >= 11 is 0. The van der Waals surface area contributed by atoms with Crippen molar-refractivity contribution in [3.63, 3.8) is 0 Å². The molecule has 0 aromatic heterocycles. The summed E-state index contributed by atoms with van der Waals surface area (Å²) in [4.78, 5) is 12.1. The number of halogens is 17. The third-order valence-electron chi connectivity index (χ3n) is 6.47. The van der Waals surface area contributed by atoms with Gasteiger partial charge in [0.05, 0.1) is 7.11 Å². The summed E-state index contributed by atoms with van der Waals surface area (Å²) in [5.41, 5.74) is 1.01. The Kier molecular flexibility index (Phi) is 10.7. The second kappa shape index (κ2) is 12.7. The number of carbonyl (C=O) groups excluding carboxylic acids is 1. The highest BCUT2D eigenvalue weighted by atomic mass is 19.4. The summed E-state index contributed by atoms with van der Waals surface area (Å²) in [6, 6.07) is 9.26. The minimum Gasteiger partial charge on any atom is -0.493 e. The predicted molar refractivity (Wildman–Crippen MR) is 127 cm³/mol. The molecule has 0 saturated carbocycles. The number of carbonyl (C=O) groups is 1. The third-order valence-corrected chi connectivity index (χ3v) is 6.47. The van der Waals surface area contributed by atoms with Crippen molar-refractivity contribution in [2.75, 3.05) is 12.4 Å². The lowest BCUT2D eigenvalue weighted by Gasteiger charge is -2.42. The van der Waals surface area contributed by atoms with E-state index in [1.165, 1.54) is 12.1 Å². The standard InChI is InChI=1S/C26H20F17NO3/c1-13-5-8-15(9-6-13)44-18(45)47-16-10-7-14(12-17(16)46-2)4-3-11-19(27,28)20(29,30)21(31,32)22(33,34)23(35,36)24(37,38)25(39,40)26(41,42)43/h5-10,12H,3-4,11H2,1-2H3,(H,44,45). The highest BCUT2D eigenvalue weighted by Crippen LogP contribution is 2.64. The molecule has 2 aromatic carbocycles. The molecule has 0 atom stereocenters. The molecule has 0 fully saturated rings. The second-order valence-electron chi connectivity index (χ2n) is 9.87. The molecular weight excluding hydrogens is 697 g/mol. The van der Waals surface area contributed by atoms with Crippen LogP contribution in [0.15, 0.2) is 42.5 Å². The van der Waals surface area contributed by atoms with E-state index in [-0.39, 0.29) is 17.1 Å². The zero-order valence-corrected chi connectivity index (χ0v) is 23.3. The van der Waals surface area contributed by atoms with Gasteiger partial charge in [0.25, 0.3) is 0 Å². The number of hydrogen-bond donors (Lipinski definition) is 1. The number of benzene rings is 2. The average molecular weight is 717 g/mol. The Morgan fingerprint density at radius 3 is 1.57 bits per heavy atom. The maximum Gasteiger partial charge on any atom is 0.460 e. The van der Waals surface area contributed by atoms with Crippen molar-refractivity contribution in [2.24, 2.45) is 0 Å². The summed E-state index contributed by atoms with van der Waals surface area (Å²) < 4.78 is 238. The molecule has 0 aliphatic carbocycles. The molecule has 2 rings (SSSR count). The Morgan fingerprint density at radius 2 is 1.11 bits per heavy atom. The first-order valence-electron chi connectivity index (χ1n) is 12.5. The molecule has 4 nitrogen and oxygen atoms in total. The first kappa shape index (κ1) is 39.5. The van der Waals surface area contributed by atoms with Crippen molar-refractivity contribution in [3.8, 4) is 11.5 Å². The van der Waals surface area contributed by atoms with E-state index < -0.39 is 73.0 Å². The van der Waals surface area contributed by atoms with Gasteiger partial charge in [-0.2, -0.15) is 74.6 Å². The highest BCUT2D eigenvalue weighted by Gasteiger charge is 2.95. The smallest absolute Gasteiger partial charge is 0.460 e. The van der Waals surface area contributed by atoms with Crippen LogP contribution in [0.2, 0.25) is 0 Å². The lowest BCUT2D eigenvalue weighted by atomic mass is 9.87. The number of anilines is 1. The van der Waals surface area contributed by atoms with Crippen LogP contribution in [0.1, 0.15) is 24.0 Å². The molecule has 47 heavy (non-hydrogen) atoms. The zero-order valence-electron chi connectivity index (χ0n) is 23.3. The predicted octanol–water partition coefficient (Wildman–Crippen LogP) is 9.95. The van der Waals surface area contributed by atoms with Gasteiger partial charge in [-0.15, -0.1) is 0 Å². The maximum absolute atomic E-state index is 14.2. The second-order valence-corrected chi connectivity index (χ2v) is 9.87. The van der Waals surface area contributed by atoms with E-state index in [1.807, 2.05) is 0 Å². The number of amides is 1. The van der Waals surface area contributed by atoms with E-state index in [9.17, 15) is 79.4 Å². The maximum atomic E-state index is 14.2. The molecule has 0 aliphatic rings. The van der Waals surface area contributed by atoms with Gasteiger partial charge in [0.15, 0.2) is 11.5 Å². The summed E-state index contributed by atoms with van der Waals surface area (Å²) in [7, 11) is 1.02. The van der Waals surface area contributed by atoms with E-state index in [0.717, 1.165) is 30.9 Å². The SMILES string of the molecule is COc1cc(CCCC(F)(F)C(F)(F)C(F)(F)C(F)(F)C(F)(F)C(F)(F)C(F)(F)C(F)(F)F)ccc1OC(=O)Nc1ccc(C)cc1. The molecule has 266 valence electrons. The molecule has 0 radical (unpaired) electrons. The van der Waals surface area contributed by atoms with Gasteiger partial charge >= 0.3 is 53.7 Å². The number of rotatable bonds is 13. The fourth-order valence-electron chi connectivity index (χ4n) is 3.70. The molecule has 0 saturated heterocycles. The fourth-order valence-corrected chi connectivity index (χ4v) is 3.70. The van der Waals surface area contributed by atoms with Crippen LogP contribution in [0.3, 0.4) is 0 Å². The summed E-state index contributed by atoms with van der Waals surface area (Å²) in [5.74, 6) is -57.1. The van der Waals surface area contributed by atoms with Crippen molar-refractivity contribution in [1.82, 2.24) is 0 Å². The Balaban J connectivity index is 2.23. The molecule has 2 aromatic rings. The van der Waals surface area contributed by atoms with Crippen LogP contribution in [0, 0.1) is 6.92 Å². The van der Waals surface area contributed by atoms with Gasteiger partial charge in [-0.05, 0) is 49.6 Å². The Morgan fingerprint density at radius 1 is 0.638 bits per heavy atom. The molecule has 1 N–H and O–H groups in total. The fraction of sp³-hybridized carbons (Fsp3) is 0.500. The Bertz CT molecular complexity index is 1410. The minimum absolute atomic E-state index is 0.148. The first-order chi connectivity index (χ1) is 21.0. The summed E-state index contributed by atoms with van der Waals surface area (Å²) in [5, 5.41) is 2.34. The molecule has 0 heterocycles. The number of hydrogen-bond acceptors (Lipinski definition) is 3. The van der Waals surface area contributed by atoms with Crippen molar-refractivity contribution < 1.29 is 88.9 Å². The topological polar surface area (TPSA) is 47.6 Å². The van der Waals surface area contributed by atoms with E-state index in [2.05, 4.69) is 5.32 Å². The molecule has 21 heteroatoms. The average Bonchev–Trinajstić information content (AvgIpc) is 2.93. The van der Waals surface area contributed by atoms with E-state index in [1.54, 1.807) is 19.1 Å². The number of nitrogens with one attached hydrogen (secondary N) is 1. The number of alkyl halides is 17. The van der Waals surface area contributed by atoms with Crippen LogP contribution in [0.4, 0.5) is 85.1 Å². The highest BCUT2D eigenvalue weighted by molar-refractivity contribution is 5.86. The summed E-state index contributed by atoms with van der Waals surface area (Å²) in [6.45, 7) is 1.76. The Hall–Kier alpha value is -3.68. The van der Waals surface area contributed by atoms with Gasteiger partial charge in [-0.3, -0.25) is 5.32 Å². The van der Waals surface area contributed by atoms with Crippen LogP contribution < -0.4 is 14.8 Å². The molecule has 0 bridgehead atoms. The van der Waals surface area contributed by atoms with E-state index in [4.69, 9.17) is 9.47 Å². The summed E-state index contributed by atoms with van der Waals surface area (Å²) in [6.07, 6.45) is -13.6. The van der Waals surface area contributed by atoms with Crippen molar-refractivity contribution >= 4 is 11.8 Å². The minimum atomic E-state index is -8.67. The van der Waals surface area contributed by atoms with Gasteiger partial charge < -0.3 is 9.47 Å². The zero-order chi connectivity index (χ0) is 36.7. The van der Waals surface area contributed by atoms with Crippen molar-refractivity contribution in [3.05, 3.63) is 53.6 Å². The van der Waals surface area contributed by atoms with Crippen LogP contribution in [0.5, 0.6) is 11.5 Å². The molecule has 0 spiro atoms. The molecule has 0 aliphatic heterocycles. The number of ether oxygens (including phenoxy) is 2. The Labute approximate surface area is 252 Å². The largest absolute Gasteiger partial charge is 0.493 e. The normalized spacial score (nSPS) is 14.2. The lowest BCUT2D eigenvalue weighted by Crippen LogP contribution is -2.74. The van der Waals surface area contributed by atoms with E-state index in [0.29, 0.717) is 5.69 Å². The molecular formula is C26H20F17NO3. The van der Waals surface area contributed by atoms with Gasteiger partial charge in [-0.25, -0.2) is 4.79 Å². The quantitative estimate of drug-likeness (QED) is 0.210. The first-order valence-corrected chi connectivity index (χ1v) is 12.5. The van der Waals surface area contributed by atoms with Crippen LogP contribution in [-0.4, -0.2) is 60.8 Å². The van der Waals surface area contributed by atoms with Crippen molar-refractivity contribution in [1.29, 1.82) is 0 Å². The van der Waals surface area contributed by atoms with Crippen LogP contribution >= 0.6 is 0 Å². The molecule has 0 unspecified atom stereocenters. The molecule has 1 amide bonds.